The Morgan fingerprint density at radius 1 is 1.02 bits per heavy atom. The molecule has 1 aromatic heterocycles. The number of carbonyl (C=O) groups excluding carboxylic acids is 3. The molecule has 228 valence electrons. The zero-order chi connectivity index (χ0) is 30.2. The molecule has 43 heavy (non-hydrogen) atoms. The smallest absolute Gasteiger partial charge is 0.341 e. The summed E-state index contributed by atoms with van der Waals surface area (Å²) in [7, 11) is 0. The third-order valence-corrected chi connectivity index (χ3v) is 10.6. The normalized spacial score (nSPS) is 16.2. The van der Waals surface area contributed by atoms with Gasteiger partial charge < -0.3 is 15.4 Å². The summed E-state index contributed by atoms with van der Waals surface area (Å²) < 4.78 is 5.43. The number of nitrogens with one attached hydrogen (secondary N) is 2. The average molecular weight is 620 g/mol. The minimum atomic E-state index is -0.381. The van der Waals surface area contributed by atoms with Gasteiger partial charge in [0.1, 0.15) is 5.00 Å². The highest BCUT2D eigenvalue weighted by molar-refractivity contribution is 8.00. The summed E-state index contributed by atoms with van der Waals surface area (Å²) in [4.78, 5) is 43.9. The second-order valence-corrected chi connectivity index (χ2v) is 13.6. The Hall–Kier alpha value is -3.14. The van der Waals surface area contributed by atoms with Crippen LogP contribution in [0.1, 0.15) is 78.7 Å². The van der Waals surface area contributed by atoms with Crippen molar-refractivity contribution < 1.29 is 19.1 Å². The maximum atomic E-state index is 13.6. The third kappa shape index (κ3) is 8.08. The summed E-state index contributed by atoms with van der Waals surface area (Å²) >= 11 is 2.96. The third-order valence-electron chi connectivity index (χ3n) is 8.12. The number of hydrogen-bond acceptors (Lipinski definition) is 7. The van der Waals surface area contributed by atoms with Gasteiger partial charge in [0.2, 0.25) is 11.8 Å². The molecule has 2 aliphatic rings. The van der Waals surface area contributed by atoms with Gasteiger partial charge in [0.15, 0.2) is 0 Å². The van der Waals surface area contributed by atoms with E-state index >= 15 is 0 Å². The summed E-state index contributed by atoms with van der Waals surface area (Å²) in [6, 6.07) is 18.1. The number of anilines is 2. The van der Waals surface area contributed by atoms with E-state index in [1.165, 1.54) is 35.1 Å². The molecular weight excluding hydrogens is 579 g/mol. The van der Waals surface area contributed by atoms with Crippen molar-refractivity contribution in [1.29, 1.82) is 0 Å². The number of carbonyl (C=O) groups is 3. The average Bonchev–Trinajstić information content (AvgIpc) is 3.38. The molecule has 0 bridgehead atoms. The van der Waals surface area contributed by atoms with E-state index in [9.17, 15) is 14.4 Å². The van der Waals surface area contributed by atoms with E-state index in [4.69, 9.17) is 4.74 Å². The van der Waals surface area contributed by atoms with Crippen molar-refractivity contribution in [2.24, 2.45) is 5.92 Å². The van der Waals surface area contributed by atoms with Crippen LogP contribution in [-0.2, 0) is 33.8 Å². The molecule has 1 unspecified atom stereocenters. The van der Waals surface area contributed by atoms with Gasteiger partial charge in [-0.2, -0.15) is 0 Å². The van der Waals surface area contributed by atoms with Crippen molar-refractivity contribution in [2.75, 3.05) is 23.8 Å². The molecule has 2 aromatic carbocycles. The van der Waals surface area contributed by atoms with Crippen LogP contribution in [0.15, 0.2) is 59.5 Å². The van der Waals surface area contributed by atoms with Crippen LogP contribution in [0.25, 0.3) is 0 Å². The molecule has 0 radical (unpaired) electrons. The highest BCUT2D eigenvalue weighted by Gasteiger charge is 2.31. The zero-order valence-corrected chi connectivity index (χ0v) is 26.7. The first-order chi connectivity index (χ1) is 20.9. The molecule has 1 saturated carbocycles. The van der Waals surface area contributed by atoms with Gasteiger partial charge in [-0.25, -0.2) is 4.79 Å². The minimum Gasteiger partial charge on any atom is -0.462 e. The highest BCUT2D eigenvalue weighted by Crippen LogP contribution is 2.39. The molecule has 0 saturated heterocycles. The fraction of sp³-hybridized carbons (Fsp3) is 0.441. The molecule has 7 nitrogen and oxygen atoms in total. The summed E-state index contributed by atoms with van der Waals surface area (Å²) in [6.07, 6.45) is 6.66. The van der Waals surface area contributed by atoms with Crippen LogP contribution >= 0.6 is 23.1 Å². The van der Waals surface area contributed by atoms with E-state index in [0.29, 0.717) is 17.0 Å². The molecule has 1 aliphatic heterocycles. The SMILES string of the molecule is CCOC(=O)c1c(NC(=O)C(CC)Sc2cccc(NC(=O)C3CCCCC3)c2)sc2c1CCN(Cc1ccccc1)C2. The first kappa shape index (κ1) is 31.3. The van der Waals surface area contributed by atoms with Gasteiger partial charge in [-0.1, -0.05) is 62.6 Å². The second-order valence-electron chi connectivity index (χ2n) is 11.2. The topological polar surface area (TPSA) is 87.7 Å². The fourth-order valence-electron chi connectivity index (χ4n) is 5.88. The lowest BCUT2D eigenvalue weighted by Gasteiger charge is -2.27. The number of benzene rings is 2. The summed E-state index contributed by atoms with van der Waals surface area (Å²) in [5.41, 5.74) is 3.50. The number of thiophene rings is 1. The molecule has 2 amide bonds. The Morgan fingerprint density at radius 2 is 1.81 bits per heavy atom. The maximum absolute atomic E-state index is 13.6. The Balaban J connectivity index is 1.28. The quantitative estimate of drug-likeness (QED) is 0.171. The van der Waals surface area contributed by atoms with Crippen LogP contribution in [0.4, 0.5) is 10.7 Å². The van der Waals surface area contributed by atoms with Gasteiger partial charge in [0.25, 0.3) is 0 Å². The van der Waals surface area contributed by atoms with E-state index in [0.717, 1.165) is 72.8 Å². The van der Waals surface area contributed by atoms with Crippen molar-refractivity contribution >= 4 is 51.6 Å². The molecule has 2 heterocycles. The Kier molecular flexibility index (Phi) is 10.9. The largest absolute Gasteiger partial charge is 0.462 e. The van der Waals surface area contributed by atoms with E-state index in [1.807, 2.05) is 49.4 Å². The van der Waals surface area contributed by atoms with Crippen LogP contribution in [0, 0.1) is 5.92 Å². The Morgan fingerprint density at radius 3 is 2.56 bits per heavy atom. The first-order valence-corrected chi connectivity index (χ1v) is 17.1. The van der Waals surface area contributed by atoms with Gasteiger partial charge in [-0.15, -0.1) is 23.1 Å². The van der Waals surface area contributed by atoms with Gasteiger partial charge in [0.05, 0.1) is 17.4 Å². The predicted octanol–water partition coefficient (Wildman–Crippen LogP) is 7.51. The van der Waals surface area contributed by atoms with Crippen LogP contribution in [-0.4, -0.2) is 41.1 Å². The number of fused-ring (bicyclic) bond motifs is 1. The molecule has 1 fully saturated rings. The monoisotopic (exact) mass is 619 g/mol. The molecule has 2 N–H and O–H groups in total. The first-order valence-electron chi connectivity index (χ1n) is 15.4. The van der Waals surface area contributed by atoms with Gasteiger partial charge in [-0.3, -0.25) is 14.5 Å². The lowest BCUT2D eigenvalue weighted by atomic mass is 9.88. The van der Waals surface area contributed by atoms with E-state index < -0.39 is 0 Å². The lowest BCUT2D eigenvalue weighted by molar-refractivity contribution is -0.120. The standard InChI is InChI=1S/C34H41N3O4S2/c1-3-28(42-26-17-11-16-25(20-26)35-31(38)24-14-9-6-10-15-24)32(39)36-33-30(34(40)41-4-2)27-18-19-37(22-29(27)43-33)21-23-12-7-5-8-13-23/h5,7-8,11-13,16-17,20,24,28H,3-4,6,9-10,14-15,18-19,21-22H2,1-2H3,(H,35,38)(H,36,39). The van der Waals surface area contributed by atoms with Crippen LogP contribution in [0.2, 0.25) is 0 Å². The van der Waals surface area contributed by atoms with E-state index in [-0.39, 0.29) is 35.6 Å². The van der Waals surface area contributed by atoms with E-state index in [2.05, 4.69) is 27.7 Å². The Labute approximate surface area is 262 Å². The number of ether oxygens (including phenoxy) is 1. The summed E-state index contributed by atoms with van der Waals surface area (Å²) in [5.74, 6) is -0.361. The van der Waals surface area contributed by atoms with Crippen LogP contribution < -0.4 is 10.6 Å². The molecule has 1 atom stereocenters. The minimum absolute atomic E-state index is 0.0786. The van der Waals surface area contributed by atoms with Crippen LogP contribution in [0.3, 0.4) is 0 Å². The molecule has 5 rings (SSSR count). The molecular formula is C34H41N3O4S2. The molecule has 1 aliphatic carbocycles. The van der Waals surface area contributed by atoms with Gasteiger partial charge >= 0.3 is 5.97 Å². The van der Waals surface area contributed by atoms with Crippen molar-refractivity contribution in [3.63, 3.8) is 0 Å². The number of rotatable bonds is 11. The van der Waals surface area contributed by atoms with E-state index in [1.54, 1.807) is 6.92 Å². The number of esters is 1. The van der Waals surface area contributed by atoms with Crippen molar-refractivity contribution in [1.82, 2.24) is 4.90 Å². The number of thioether (sulfide) groups is 1. The van der Waals surface area contributed by atoms with Crippen LogP contribution in [0.5, 0.6) is 0 Å². The number of amides is 2. The lowest BCUT2D eigenvalue weighted by Crippen LogP contribution is -2.30. The van der Waals surface area contributed by atoms with Gasteiger partial charge in [0, 0.05) is 41.0 Å². The van der Waals surface area contributed by atoms with Crippen molar-refractivity contribution in [3.05, 3.63) is 76.2 Å². The zero-order valence-electron chi connectivity index (χ0n) is 25.0. The maximum Gasteiger partial charge on any atom is 0.341 e. The number of hydrogen-bond donors (Lipinski definition) is 2. The van der Waals surface area contributed by atoms with Crippen molar-refractivity contribution in [2.45, 2.75) is 82.0 Å². The summed E-state index contributed by atoms with van der Waals surface area (Å²) in [6.45, 7) is 6.45. The second kappa shape index (κ2) is 15.0. The highest BCUT2D eigenvalue weighted by atomic mass is 32.2. The molecule has 3 aromatic rings. The predicted molar refractivity (Wildman–Crippen MR) is 175 cm³/mol. The summed E-state index contributed by atoms with van der Waals surface area (Å²) in [5, 5.41) is 6.39. The number of nitrogens with zero attached hydrogens (tertiary/aromatic N) is 1. The van der Waals surface area contributed by atoms with Crippen molar-refractivity contribution in [3.8, 4) is 0 Å². The molecule has 0 spiro atoms. The fourth-order valence-corrected chi connectivity index (χ4v) is 8.17. The molecule has 9 heteroatoms. The Bertz CT molecular complexity index is 1420. The van der Waals surface area contributed by atoms with Gasteiger partial charge in [-0.05, 0) is 61.9 Å².